The van der Waals surface area contributed by atoms with Crippen LogP contribution in [0.3, 0.4) is 0 Å². The maximum atomic E-state index is 14.0. The van der Waals surface area contributed by atoms with E-state index in [1.807, 2.05) is 30.3 Å². The summed E-state index contributed by atoms with van der Waals surface area (Å²) in [6.07, 6.45) is -3.32. The van der Waals surface area contributed by atoms with Crippen molar-refractivity contribution in [2.45, 2.75) is 23.7 Å². The van der Waals surface area contributed by atoms with E-state index in [0.29, 0.717) is 5.52 Å². The fraction of sp³-hybridized carbons (Fsp3) is 0.130. The normalized spacial score (nSPS) is 13.3. The van der Waals surface area contributed by atoms with Crippen LogP contribution in [0, 0.1) is 0 Å². The highest BCUT2D eigenvalue weighted by molar-refractivity contribution is 7.89. The summed E-state index contributed by atoms with van der Waals surface area (Å²) < 4.78 is 71.0. The lowest BCUT2D eigenvalue weighted by molar-refractivity contribution is -0.154. The molecule has 0 bridgehead atoms. The molecule has 0 saturated heterocycles. The molecular weight excluding hydrogens is 510 g/mol. The summed E-state index contributed by atoms with van der Waals surface area (Å²) in [7, 11) is -4.74. The van der Waals surface area contributed by atoms with Gasteiger partial charge >= 0.3 is 6.18 Å². The fourth-order valence-corrected chi connectivity index (χ4v) is 5.96. The quantitative estimate of drug-likeness (QED) is 0.297. The molecule has 0 spiro atoms. The van der Waals surface area contributed by atoms with Gasteiger partial charge in [-0.1, -0.05) is 71.7 Å². The summed E-state index contributed by atoms with van der Waals surface area (Å²) in [6.45, 7) is -0.707. The minimum absolute atomic E-state index is 0.0565. The summed E-state index contributed by atoms with van der Waals surface area (Å²) in [4.78, 5) is -0.657. The van der Waals surface area contributed by atoms with Crippen LogP contribution in [0.4, 0.5) is 18.9 Å². The number of nitrogens with two attached hydrogens (primary N) is 1. The predicted octanol–water partition coefficient (Wildman–Crippen LogP) is 6.11. The van der Waals surface area contributed by atoms with E-state index >= 15 is 0 Å². The van der Waals surface area contributed by atoms with Crippen LogP contribution in [0.25, 0.3) is 22.0 Å². The number of aromatic nitrogens is 1. The number of anilines is 1. The number of nitrogen functional groups attached to an aromatic ring is 1. The molecule has 1 heterocycles. The zero-order valence-electron chi connectivity index (χ0n) is 17.4. The Balaban J connectivity index is 1.75. The average Bonchev–Trinajstić information content (AvgIpc) is 3.11. The van der Waals surface area contributed by atoms with Gasteiger partial charge in [-0.25, -0.2) is 8.42 Å². The van der Waals surface area contributed by atoms with Crippen molar-refractivity contribution in [3.05, 3.63) is 83.0 Å². The Hall–Kier alpha value is -2.72. The van der Waals surface area contributed by atoms with E-state index in [4.69, 9.17) is 28.9 Å². The molecule has 178 valence electrons. The summed E-state index contributed by atoms with van der Waals surface area (Å²) >= 11 is 11.8. The van der Waals surface area contributed by atoms with Crippen LogP contribution in [0.15, 0.2) is 77.8 Å². The van der Waals surface area contributed by atoms with Crippen molar-refractivity contribution in [1.29, 1.82) is 0 Å². The van der Waals surface area contributed by atoms with Crippen molar-refractivity contribution < 1.29 is 21.6 Å². The first-order valence-electron chi connectivity index (χ1n) is 9.94. The molecule has 0 aliphatic heterocycles. The third-order valence-electron chi connectivity index (χ3n) is 5.25. The minimum Gasteiger partial charge on any atom is -0.398 e. The Morgan fingerprint density at radius 3 is 2.29 bits per heavy atom. The van der Waals surface area contributed by atoms with E-state index in [1.165, 1.54) is 4.57 Å². The number of halogens is 5. The zero-order valence-corrected chi connectivity index (χ0v) is 19.7. The van der Waals surface area contributed by atoms with Crippen LogP contribution in [-0.4, -0.2) is 25.2 Å². The van der Waals surface area contributed by atoms with Crippen molar-refractivity contribution in [3.8, 4) is 11.1 Å². The van der Waals surface area contributed by atoms with Gasteiger partial charge in [0.1, 0.15) is 10.9 Å². The van der Waals surface area contributed by atoms with E-state index in [9.17, 15) is 21.6 Å². The molecular formula is C23H18Cl2F3N3O2S. The molecule has 1 atom stereocenters. The molecule has 1 aromatic heterocycles. The van der Waals surface area contributed by atoms with Gasteiger partial charge in [-0.2, -0.15) is 17.9 Å². The van der Waals surface area contributed by atoms with Gasteiger partial charge in [0.15, 0.2) is 0 Å². The fourth-order valence-electron chi connectivity index (χ4n) is 3.76. The van der Waals surface area contributed by atoms with Crippen molar-refractivity contribution in [2.24, 2.45) is 0 Å². The van der Waals surface area contributed by atoms with Gasteiger partial charge in [-0.05, 0) is 23.8 Å². The summed E-state index contributed by atoms with van der Waals surface area (Å²) in [5.74, 6) is 0. The third-order valence-corrected chi connectivity index (χ3v) is 7.47. The number of para-hydroxylation sites is 1. The number of alkyl halides is 3. The molecule has 5 nitrogen and oxygen atoms in total. The number of rotatable bonds is 6. The molecule has 4 rings (SSSR count). The summed E-state index contributed by atoms with van der Waals surface area (Å²) in [5.41, 5.74) is 7.43. The lowest BCUT2D eigenvalue weighted by atomic mass is 10.1. The molecule has 11 heteroatoms. The Labute approximate surface area is 203 Å². The molecule has 34 heavy (non-hydrogen) atoms. The van der Waals surface area contributed by atoms with E-state index < -0.39 is 33.7 Å². The van der Waals surface area contributed by atoms with Crippen LogP contribution < -0.4 is 10.5 Å². The van der Waals surface area contributed by atoms with E-state index in [0.717, 1.165) is 28.6 Å². The molecule has 0 aliphatic rings. The van der Waals surface area contributed by atoms with Gasteiger partial charge in [0.05, 0.1) is 10.7 Å². The standard InChI is InChI=1S/C23H18Cl2F3N3O2S/c24-15-10-18(25)22(19(29)11-15)34(32,33)30-21(23(26,27)28)13-31-12-17(14-6-2-1-3-7-14)16-8-4-5-9-20(16)31/h1-12,21,30H,13,29H2. The van der Waals surface area contributed by atoms with Gasteiger partial charge in [-0.15, -0.1) is 0 Å². The Bertz CT molecular complexity index is 1430. The number of fused-ring (bicyclic) bond motifs is 1. The van der Waals surface area contributed by atoms with Crippen LogP contribution in [0.2, 0.25) is 10.0 Å². The van der Waals surface area contributed by atoms with E-state index in [-0.39, 0.29) is 15.7 Å². The van der Waals surface area contributed by atoms with Crippen molar-refractivity contribution in [3.63, 3.8) is 0 Å². The average molecular weight is 528 g/mol. The van der Waals surface area contributed by atoms with E-state index in [1.54, 1.807) is 35.2 Å². The molecule has 0 aliphatic carbocycles. The van der Waals surface area contributed by atoms with Crippen LogP contribution >= 0.6 is 23.2 Å². The first-order valence-corrected chi connectivity index (χ1v) is 12.2. The highest BCUT2D eigenvalue weighted by atomic mass is 35.5. The zero-order chi connectivity index (χ0) is 24.7. The Kier molecular flexibility index (Phi) is 6.56. The third kappa shape index (κ3) is 4.88. The van der Waals surface area contributed by atoms with E-state index in [2.05, 4.69) is 0 Å². The monoisotopic (exact) mass is 527 g/mol. The molecule has 3 aromatic carbocycles. The van der Waals surface area contributed by atoms with Crippen LogP contribution in [0.5, 0.6) is 0 Å². The molecule has 3 N–H and O–H groups in total. The molecule has 0 fully saturated rings. The molecule has 4 aromatic rings. The van der Waals surface area contributed by atoms with Gasteiger partial charge in [0.25, 0.3) is 0 Å². The predicted molar refractivity (Wildman–Crippen MR) is 128 cm³/mol. The second-order valence-corrected chi connectivity index (χ2v) is 10.1. The van der Waals surface area contributed by atoms with Crippen molar-refractivity contribution in [2.75, 3.05) is 5.73 Å². The topological polar surface area (TPSA) is 77.1 Å². The Morgan fingerprint density at radius 2 is 1.65 bits per heavy atom. The lowest BCUT2D eigenvalue weighted by Crippen LogP contribution is -2.48. The molecule has 1 unspecified atom stereocenters. The first kappa shape index (κ1) is 24.4. The highest BCUT2D eigenvalue weighted by Crippen LogP contribution is 2.34. The van der Waals surface area contributed by atoms with Crippen LogP contribution in [0.1, 0.15) is 0 Å². The van der Waals surface area contributed by atoms with Gasteiger partial charge < -0.3 is 10.3 Å². The number of benzene rings is 3. The number of nitrogens with zero attached hydrogens (tertiary/aromatic N) is 1. The number of hydrogen-bond acceptors (Lipinski definition) is 3. The maximum Gasteiger partial charge on any atom is 0.406 e. The highest BCUT2D eigenvalue weighted by Gasteiger charge is 2.43. The maximum absolute atomic E-state index is 14.0. The van der Waals surface area contributed by atoms with Gasteiger partial charge in [0.2, 0.25) is 10.0 Å². The first-order chi connectivity index (χ1) is 16.0. The second kappa shape index (κ2) is 9.14. The number of nitrogens with one attached hydrogen (secondary N) is 1. The lowest BCUT2D eigenvalue weighted by Gasteiger charge is -2.23. The largest absolute Gasteiger partial charge is 0.406 e. The van der Waals surface area contributed by atoms with Gasteiger partial charge in [-0.3, -0.25) is 0 Å². The van der Waals surface area contributed by atoms with Crippen molar-refractivity contribution >= 4 is 49.8 Å². The van der Waals surface area contributed by atoms with Crippen molar-refractivity contribution in [1.82, 2.24) is 9.29 Å². The minimum atomic E-state index is -4.90. The molecule has 0 saturated carbocycles. The Morgan fingerprint density at radius 1 is 1.00 bits per heavy atom. The summed E-state index contributed by atoms with van der Waals surface area (Å²) in [6, 6.07) is 15.9. The SMILES string of the molecule is Nc1cc(Cl)cc(Cl)c1S(=O)(=O)NC(Cn1cc(-c2ccccc2)c2ccccc21)C(F)(F)F. The number of hydrogen-bond donors (Lipinski definition) is 2. The molecule has 0 amide bonds. The molecule has 0 radical (unpaired) electrons. The van der Waals surface area contributed by atoms with Gasteiger partial charge in [0, 0.05) is 34.2 Å². The second-order valence-electron chi connectivity index (χ2n) is 7.60. The smallest absolute Gasteiger partial charge is 0.398 e. The summed E-state index contributed by atoms with van der Waals surface area (Å²) in [5, 5.41) is 0.416. The van der Waals surface area contributed by atoms with Crippen LogP contribution in [-0.2, 0) is 16.6 Å². The number of sulfonamides is 1.